The summed E-state index contributed by atoms with van der Waals surface area (Å²) in [6, 6.07) is 6.04. The highest BCUT2D eigenvalue weighted by Crippen LogP contribution is 2.46. The van der Waals surface area contributed by atoms with E-state index in [-0.39, 0.29) is 53.0 Å². The lowest BCUT2D eigenvalue weighted by Crippen LogP contribution is -2.58. The topological polar surface area (TPSA) is 99.8 Å². The SMILES string of the molecule is CCC(NC)C(=O)N[C@H]1CCSC2CC(C)(C)[C@@H](C(=O)NC3CCOc4ccccc43)N2C1=O.Cl. The summed E-state index contributed by atoms with van der Waals surface area (Å²) in [5.74, 6) is 1.07. The number of thioether (sulfide) groups is 1. The van der Waals surface area contributed by atoms with Crippen LogP contribution in [0.2, 0.25) is 0 Å². The zero-order valence-corrected chi connectivity index (χ0v) is 22.5. The maximum Gasteiger partial charge on any atom is 0.246 e. The number of hydrogen-bond acceptors (Lipinski definition) is 6. The smallest absolute Gasteiger partial charge is 0.246 e. The molecule has 194 valence electrons. The van der Waals surface area contributed by atoms with Crippen LogP contribution in [-0.4, -0.2) is 65.5 Å². The third-order valence-corrected chi connectivity index (χ3v) is 8.46. The van der Waals surface area contributed by atoms with Gasteiger partial charge in [0.1, 0.15) is 17.8 Å². The quantitative estimate of drug-likeness (QED) is 0.529. The normalized spacial score (nSPS) is 27.9. The first kappa shape index (κ1) is 27.6. The minimum Gasteiger partial charge on any atom is -0.493 e. The summed E-state index contributed by atoms with van der Waals surface area (Å²) in [5, 5.41) is 9.09. The molecule has 35 heavy (non-hydrogen) atoms. The molecule has 0 radical (unpaired) electrons. The van der Waals surface area contributed by atoms with Gasteiger partial charge in [0, 0.05) is 12.0 Å². The lowest BCUT2D eigenvalue weighted by molar-refractivity contribution is -0.144. The van der Waals surface area contributed by atoms with Gasteiger partial charge in [-0.15, -0.1) is 24.2 Å². The number of amides is 3. The molecule has 1 aromatic carbocycles. The number of ether oxygens (including phenoxy) is 1. The molecule has 1 aromatic rings. The molecule has 3 amide bonds. The second-order valence-electron chi connectivity index (χ2n) is 10.0. The van der Waals surface area contributed by atoms with E-state index in [0.29, 0.717) is 25.9 Å². The molecule has 8 nitrogen and oxygen atoms in total. The molecule has 10 heteroatoms. The lowest BCUT2D eigenvalue weighted by atomic mass is 9.83. The Hall–Kier alpha value is -1.97. The van der Waals surface area contributed by atoms with Crippen LogP contribution < -0.4 is 20.7 Å². The monoisotopic (exact) mass is 524 g/mol. The maximum atomic E-state index is 13.7. The molecule has 3 heterocycles. The van der Waals surface area contributed by atoms with Crippen molar-refractivity contribution in [1.82, 2.24) is 20.9 Å². The molecule has 3 aliphatic rings. The summed E-state index contributed by atoms with van der Waals surface area (Å²) in [5.41, 5.74) is 0.583. The van der Waals surface area contributed by atoms with Gasteiger partial charge in [-0.3, -0.25) is 14.4 Å². The van der Waals surface area contributed by atoms with Gasteiger partial charge in [-0.1, -0.05) is 39.0 Å². The highest BCUT2D eigenvalue weighted by molar-refractivity contribution is 7.99. The largest absolute Gasteiger partial charge is 0.493 e. The summed E-state index contributed by atoms with van der Waals surface area (Å²) in [7, 11) is 1.74. The van der Waals surface area contributed by atoms with Gasteiger partial charge < -0.3 is 25.6 Å². The standard InChI is InChI=1S/C25H36N4O4S.ClH/c1-5-16(26-4)22(30)28-18-11-13-34-20-14-25(2,3)21(29(20)24(18)32)23(31)27-17-10-12-33-19-9-7-6-8-15(17)19;/h6-9,16-18,20-21,26H,5,10-14H2,1-4H3,(H,27,31)(H,28,30);1H/t16?,17?,18-,20?,21+;/m0./s1. The van der Waals surface area contributed by atoms with Crippen molar-refractivity contribution in [2.24, 2.45) is 5.41 Å². The Labute approximate surface area is 218 Å². The number of carbonyl (C=O) groups is 3. The van der Waals surface area contributed by atoms with Crippen molar-refractivity contribution in [3.05, 3.63) is 29.8 Å². The molecular weight excluding hydrogens is 488 g/mol. The number of carbonyl (C=O) groups excluding carboxylic acids is 3. The predicted octanol–water partition coefficient (Wildman–Crippen LogP) is 2.62. The minimum atomic E-state index is -0.625. The maximum absolute atomic E-state index is 13.7. The third-order valence-electron chi connectivity index (χ3n) is 7.21. The molecule has 0 aliphatic carbocycles. The molecule has 3 N–H and O–H groups in total. The number of para-hydroxylation sites is 1. The Morgan fingerprint density at radius 3 is 2.66 bits per heavy atom. The van der Waals surface area contributed by atoms with Gasteiger partial charge in [0.05, 0.1) is 24.1 Å². The van der Waals surface area contributed by atoms with E-state index in [0.717, 1.165) is 23.5 Å². The second kappa shape index (κ2) is 11.4. The van der Waals surface area contributed by atoms with Crippen LogP contribution in [0.4, 0.5) is 0 Å². The van der Waals surface area contributed by atoms with Crippen molar-refractivity contribution in [3.63, 3.8) is 0 Å². The highest BCUT2D eigenvalue weighted by Gasteiger charge is 2.54. The molecule has 3 unspecified atom stereocenters. The van der Waals surface area contributed by atoms with E-state index < -0.39 is 12.1 Å². The number of nitrogens with one attached hydrogen (secondary N) is 3. The van der Waals surface area contributed by atoms with Gasteiger partial charge in [0.2, 0.25) is 17.7 Å². The zero-order chi connectivity index (χ0) is 24.5. The average Bonchev–Trinajstić information content (AvgIpc) is 3.00. The van der Waals surface area contributed by atoms with Crippen LogP contribution >= 0.6 is 24.2 Å². The summed E-state index contributed by atoms with van der Waals surface area (Å²) in [6.45, 7) is 6.58. The summed E-state index contributed by atoms with van der Waals surface area (Å²) >= 11 is 1.71. The molecule has 2 saturated heterocycles. The van der Waals surface area contributed by atoms with E-state index in [1.807, 2.05) is 31.2 Å². The highest BCUT2D eigenvalue weighted by atomic mass is 35.5. The number of rotatable bonds is 6. The van der Waals surface area contributed by atoms with Gasteiger partial charge in [0.15, 0.2) is 0 Å². The third kappa shape index (κ3) is 5.57. The molecule has 2 fully saturated rings. The molecule has 4 rings (SSSR count). The van der Waals surface area contributed by atoms with E-state index in [4.69, 9.17) is 4.74 Å². The van der Waals surface area contributed by atoms with E-state index in [1.165, 1.54) is 0 Å². The Morgan fingerprint density at radius 1 is 1.20 bits per heavy atom. The van der Waals surface area contributed by atoms with Crippen LogP contribution in [-0.2, 0) is 14.4 Å². The second-order valence-corrected chi connectivity index (χ2v) is 11.3. The minimum absolute atomic E-state index is 0. The number of hydrogen-bond donors (Lipinski definition) is 3. The van der Waals surface area contributed by atoms with Gasteiger partial charge in [-0.2, -0.15) is 0 Å². The van der Waals surface area contributed by atoms with Gasteiger partial charge >= 0.3 is 0 Å². The average molecular weight is 525 g/mol. The van der Waals surface area contributed by atoms with Crippen molar-refractivity contribution in [2.45, 2.75) is 76.0 Å². The Kier molecular flexibility index (Phi) is 8.99. The first-order chi connectivity index (χ1) is 16.3. The van der Waals surface area contributed by atoms with Crippen molar-refractivity contribution < 1.29 is 19.1 Å². The van der Waals surface area contributed by atoms with Crippen molar-refractivity contribution in [3.8, 4) is 5.75 Å². The fourth-order valence-electron chi connectivity index (χ4n) is 5.39. The Morgan fingerprint density at radius 2 is 1.94 bits per heavy atom. The van der Waals surface area contributed by atoms with Crippen LogP contribution in [0.5, 0.6) is 5.75 Å². The van der Waals surface area contributed by atoms with Gasteiger partial charge in [-0.25, -0.2) is 0 Å². The Balaban J connectivity index is 0.00000342. The van der Waals surface area contributed by atoms with Crippen molar-refractivity contribution in [2.75, 3.05) is 19.4 Å². The van der Waals surface area contributed by atoms with Crippen molar-refractivity contribution >= 4 is 41.9 Å². The van der Waals surface area contributed by atoms with Crippen LogP contribution in [0.1, 0.15) is 58.1 Å². The summed E-state index contributed by atoms with van der Waals surface area (Å²) in [6.07, 6.45) is 2.61. The van der Waals surface area contributed by atoms with E-state index in [2.05, 4.69) is 29.8 Å². The fraction of sp³-hybridized carbons (Fsp3) is 0.640. The van der Waals surface area contributed by atoms with Crippen molar-refractivity contribution in [1.29, 1.82) is 0 Å². The number of nitrogens with zero attached hydrogens (tertiary/aromatic N) is 1. The van der Waals surface area contributed by atoms with Crippen LogP contribution in [0, 0.1) is 5.41 Å². The number of fused-ring (bicyclic) bond motifs is 2. The van der Waals surface area contributed by atoms with E-state index in [9.17, 15) is 14.4 Å². The molecule has 0 saturated carbocycles. The van der Waals surface area contributed by atoms with E-state index in [1.54, 1.807) is 23.7 Å². The van der Waals surface area contributed by atoms with Crippen LogP contribution in [0.3, 0.4) is 0 Å². The number of benzene rings is 1. The predicted molar refractivity (Wildman–Crippen MR) is 140 cm³/mol. The molecule has 0 aromatic heterocycles. The van der Waals surface area contributed by atoms with E-state index >= 15 is 0 Å². The molecule has 0 bridgehead atoms. The molecule has 0 spiro atoms. The Bertz CT molecular complexity index is 942. The number of halogens is 1. The molecular formula is C25H37ClN4O4S. The van der Waals surface area contributed by atoms with Crippen LogP contribution in [0.25, 0.3) is 0 Å². The zero-order valence-electron chi connectivity index (χ0n) is 20.8. The summed E-state index contributed by atoms with van der Waals surface area (Å²) < 4.78 is 5.75. The lowest BCUT2D eigenvalue weighted by Gasteiger charge is -2.36. The van der Waals surface area contributed by atoms with Gasteiger partial charge in [0.25, 0.3) is 0 Å². The van der Waals surface area contributed by atoms with Crippen LogP contribution in [0.15, 0.2) is 24.3 Å². The first-order valence-corrected chi connectivity index (χ1v) is 13.2. The van der Waals surface area contributed by atoms with Gasteiger partial charge in [-0.05, 0) is 43.5 Å². The first-order valence-electron chi connectivity index (χ1n) is 12.2. The molecule has 5 atom stereocenters. The number of likely N-dealkylation sites (N-methyl/N-ethyl adjacent to an activating group) is 1. The fourth-order valence-corrected chi connectivity index (χ4v) is 6.96. The molecule has 3 aliphatic heterocycles. The summed E-state index contributed by atoms with van der Waals surface area (Å²) in [4.78, 5) is 41.9.